The minimum Gasteiger partial charge on any atom is -0.292 e. The average Bonchev–Trinajstić information content (AvgIpc) is 2.86. The Hall–Kier alpha value is -2.63. The monoisotopic (exact) mass is 298 g/mol. The summed E-state index contributed by atoms with van der Waals surface area (Å²) in [6.45, 7) is 5.97. The Morgan fingerprint density at radius 2 is 1.86 bits per heavy atom. The molecule has 0 spiro atoms. The fourth-order valence-electron chi connectivity index (χ4n) is 2.66. The van der Waals surface area contributed by atoms with E-state index < -0.39 is 11.2 Å². The predicted octanol–water partition coefficient (Wildman–Crippen LogP) is 1.89. The van der Waals surface area contributed by atoms with Gasteiger partial charge in [-0.15, -0.1) is 0 Å². The smallest absolute Gasteiger partial charge is 0.292 e. The lowest BCUT2D eigenvalue weighted by Crippen LogP contribution is -2.23. The maximum atomic E-state index is 12.1. The Kier molecular flexibility index (Phi) is 3.44. The number of aromatic nitrogens is 4. The molecule has 0 saturated heterocycles. The van der Waals surface area contributed by atoms with Gasteiger partial charge in [-0.3, -0.25) is 14.8 Å². The summed E-state index contributed by atoms with van der Waals surface area (Å²) in [5.41, 5.74) is 2.50. The van der Waals surface area contributed by atoms with Crippen molar-refractivity contribution in [3.8, 4) is 0 Å². The highest BCUT2D eigenvalue weighted by Gasteiger charge is 2.18. The van der Waals surface area contributed by atoms with Crippen molar-refractivity contribution in [2.24, 2.45) is 0 Å². The predicted molar refractivity (Wildman–Crippen MR) is 85.3 cm³/mol. The van der Waals surface area contributed by atoms with Gasteiger partial charge in [-0.05, 0) is 25.8 Å². The van der Waals surface area contributed by atoms with E-state index in [4.69, 9.17) is 0 Å². The fourth-order valence-corrected chi connectivity index (χ4v) is 2.66. The minimum absolute atomic E-state index is 0.0825. The van der Waals surface area contributed by atoms with Crippen molar-refractivity contribution < 1.29 is 0 Å². The number of benzene rings is 1. The second kappa shape index (κ2) is 5.29. The summed E-state index contributed by atoms with van der Waals surface area (Å²) in [5.74, 6) is 0. The highest BCUT2D eigenvalue weighted by Crippen LogP contribution is 2.22. The van der Waals surface area contributed by atoms with Gasteiger partial charge in [-0.25, -0.2) is 9.48 Å². The van der Waals surface area contributed by atoms with Crippen molar-refractivity contribution in [3.63, 3.8) is 0 Å². The van der Waals surface area contributed by atoms with E-state index >= 15 is 0 Å². The second-order valence-electron chi connectivity index (χ2n) is 5.46. The molecule has 2 N–H and O–H groups in total. The summed E-state index contributed by atoms with van der Waals surface area (Å²) in [7, 11) is 0. The molecular formula is C16H18N4O2. The topological polar surface area (TPSA) is 83.5 Å². The lowest BCUT2D eigenvalue weighted by molar-refractivity contribution is 0.571. The van der Waals surface area contributed by atoms with Crippen LogP contribution >= 0.6 is 0 Å². The number of hydrogen-bond donors (Lipinski definition) is 2. The van der Waals surface area contributed by atoms with Crippen LogP contribution in [0.1, 0.15) is 36.7 Å². The van der Waals surface area contributed by atoms with Gasteiger partial charge in [0.05, 0.1) is 11.7 Å². The molecule has 1 aromatic carbocycles. The van der Waals surface area contributed by atoms with Crippen molar-refractivity contribution in [2.75, 3.05) is 0 Å². The Bertz CT molecular complexity index is 931. The van der Waals surface area contributed by atoms with Gasteiger partial charge in [0.2, 0.25) is 0 Å². The summed E-state index contributed by atoms with van der Waals surface area (Å²) in [4.78, 5) is 28.6. The van der Waals surface area contributed by atoms with Gasteiger partial charge in [0.15, 0.2) is 0 Å². The van der Waals surface area contributed by atoms with Crippen molar-refractivity contribution in [1.29, 1.82) is 0 Å². The SMILES string of the molecule is CCc1nn(C(C)c2ccc(C)cc2)c2[nH]c(=O)[nH]c(=O)c12. The van der Waals surface area contributed by atoms with Gasteiger partial charge in [0.25, 0.3) is 5.56 Å². The first-order valence-electron chi connectivity index (χ1n) is 7.31. The molecule has 0 aliphatic heterocycles. The Balaban J connectivity index is 2.24. The molecule has 2 aromatic heterocycles. The quantitative estimate of drug-likeness (QED) is 0.774. The Morgan fingerprint density at radius 3 is 2.50 bits per heavy atom. The number of nitrogens with zero attached hydrogens (tertiary/aromatic N) is 2. The lowest BCUT2D eigenvalue weighted by atomic mass is 10.1. The molecule has 6 nitrogen and oxygen atoms in total. The van der Waals surface area contributed by atoms with Crippen LogP contribution in [0.4, 0.5) is 0 Å². The summed E-state index contributed by atoms with van der Waals surface area (Å²) >= 11 is 0. The molecule has 1 unspecified atom stereocenters. The number of fused-ring (bicyclic) bond motifs is 1. The Labute approximate surface area is 126 Å². The molecule has 3 aromatic rings. The van der Waals surface area contributed by atoms with Crippen LogP contribution in [0.15, 0.2) is 33.9 Å². The third-order valence-electron chi connectivity index (χ3n) is 3.93. The number of aryl methyl sites for hydroxylation is 2. The first-order valence-corrected chi connectivity index (χ1v) is 7.31. The van der Waals surface area contributed by atoms with Crippen molar-refractivity contribution in [2.45, 2.75) is 33.2 Å². The zero-order chi connectivity index (χ0) is 15.9. The van der Waals surface area contributed by atoms with E-state index in [9.17, 15) is 9.59 Å². The molecule has 114 valence electrons. The van der Waals surface area contributed by atoms with Crippen LogP contribution in [-0.4, -0.2) is 19.7 Å². The van der Waals surface area contributed by atoms with Crippen LogP contribution in [0.5, 0.6) is 0 Å². The van der Waals surface area contributed by atoms with Gasteiger partial charge >= 0.3 is 5.69 Å². The molecule has 2 heterocycles. The van der Waals surface area contributed by atoms with E-state index in [-0.39, 0.29) is 6.04 Å². The van der Waals surface area contributed by atoms with Crippen molar-refractivity contribution >= 4 is 11.0 Å². The van der Waals surface area contributed by atoms with Crippen LogP contribution in [0.3, 0.4) is 0 Å². The summed E-state index contributed by atoms with van der Waals surface area (Å²) in [6, 6.07) is 8.05. The first-order chi connectivity index (χ1) is 10.5. The van der Waals surface area contributed by atoms with Gasteiger partial charge in [0, 0.05) is 0 Å². The number of rotatable bonds is 3. The zero-order valence-electron chi connectivity index (χ0n) is 12.8. The van der Waals surface area contributed by atoms with Crippen molar-refractivity contribution in [3.05, 3.63) is 61.9 Å². The average molecular weight is 298 g/mol. The maximum Gasteiger partial charge on any atom is 0.327 e. The zero-order valence-corrected chi connectivity index (χ0v) is 12.8. The molecule has 0 radical (unpaired) electrons. The maximum absolute atomic E-state index is 12.1. The molecule has 0 fully saturated rings. The van der Waals surface area contributed by atoms with Crippen LogP contribution in [0.2, 0.25) is 0 Å². The van der Waals surface area contributed by atoms with Gasteiger partial charge in [-0.2, -0.15) is 5.10 Å². The minimum atomic E-state index is -0.516. The van der Waals surface area contributed by atoms with E-state index in [1.807, 2.05) is 45.0 Å². The standard InChI is InChI=1S/C16H18N4O2/c1-4-12-13-14(17-16(22)18-15(13)21)20(19-12)10(3)11-7-5-9(2)6-8-11/h5-8,10H,4H2,1-3H3,(H2,17,18,21,22). The van der Waals surface area contributed by atoms with Crippen LogP contribution in [0, 0.1) is 6.92 Å². The fraction of sp³-hybridized carbons (Fsp3) is 0.312. The van der Waals surface area contributed by atoms with Gasteiger partial charge < -0.3 is 0 Å². The van der Waals surface area contributed by atoms with E-state index in [1.54, 1.807) is 4.68 Å². The molecule has 22 heavy (non-hydrogen) atoms. The van der Waals surface area contributed by atoms with E-state index in [0.29, 0.717) is 23.1 Å². The molecular weight excluding hydrogens is 280 g/mol. The first kappa shape index (κ1) is 14.3. The highest BCUT2D eigenvalue weighted by atomic mass is 16.2. The van der Waals surface area contributed by atoms with Crippen molar-refractivity contribution in [1.82, 2.24) is 19.7 Å². The second-order valence-corrected chi connectivity index (χ2v) is 5.46. The van der Waals surface area contributed by atoms with E-state index in [0.717, 1.165) is 5.56 Å². The third-order valence-corrected chi connectivity index (χ3v) is 3.93. The molecule has 0 aliphatic carbocycles. The number of H-pyrrole nitrogens is 2. The van der Waals surface area contributed by atoms with Crippen LogP contribution in [-0.2, 0) is 6.42 Å². The van der Waals surface area contributed by atoms with Gasteiger partial charge in [0.1, 0.15) is 11.0 Å². The molecule has 0 amide bonds. The number of aromatic amines is 2. The molecule has 3 rings (SSSR count). The normalized spacial score (nSPS) is 12.7. The molecule has 0 bridgehead atoms. The largest absolute Gasteiger partial charge is 0.327 e. The molecule has 1 atom stereocenters. The highest BCUT2D eigenvalue weighted by molar-refractivity contribution is 5.77. The lowest BCUT2D eigenvalue weighted by Gasteiger charge is -2.13. The van der Waals surface area contributed by atoms with Crippen LogP contribution < -0.4 is 11.2 Å². The molecule has 6 heteroatoms. The van der Waals surface area contributed by atoms with E-state index in [2.05, 4.69) is 15.1 Å². The van der Waals surface area contributed by atoms with Gasteiger partial charge in [-0.1, -0.05) is 36.8 Å². The summed E-state index contributed by atoms with van der Waals surface area (Å²) in [6.07, 6.45) is 0.624. The third kappa shape index (κ3) is 2.26. The van der Waals surface area contributed by atoms with E-state index in [1.165, 1.54) is 5.56 Å². The Morgan fingerprint density at radius 1 is 1.18 bits per heavy atom. The molecule has 0 aliphatic rings. The summed E-state index contributed by atoms with van der Waals surface area (Å²) < 4.78 is 1.72. The summed E-state index contributed by atoms with van der Waals surface area (Å²) in [5, 5.41) is 4.99. The molecule has 0 saturated carbocycles. The number of nitrogens with one attached hydrogen (secondary N) is 2. The number of hydrogen-bond acceptors (Lipinski definition) is 3. The van der Waals surface area contributed by atoms with Crippen LogP contribution in [0.25, 0.3) is 11.0 Å².